The highest BCUT2D eigenvalue weighted by molar-refractivity contribution is 5.89. The first-order valence-electron chi connectivity index (χ1n) is 7.83. The number of urea groups is 1. The van der Waals surface area contributed by atoms with Gasteiger partial charge in [-0.3, -0.25) is 0 Å². The van der Waals surface area contributed by atoms with Crippen molar-refractivity contribution < 1.29 is 18.8 Å². The van der Waals surface area contributed by atoms with Crippen LogP contribution in [0, 0.1) is 0 Å². The molecule has 24 heavy (non-hydrogen) atoms. The zero-order valence-electron chi connectivity index (χ0n) is 13.7. The Hall–Kier alpha value is -2.61. The normalized spacial score (nSPS) is 13.5. The van der Waals surface area contributed by atoms with Crippen molar-refractivity contribution in [1.82, 2.24) is 15.5 Å². The Balaban J connectivity index is 1.55. The van der Waals surface area contributed by atoms with E-state index < -0.39 is 0 Å². The lowest BCUT2D eigenvalue weighted by molar-refractivity contribution is 0.102. The number of nitrogens with zero attached hydrogens (tertiary/aromatic N) is 2. The Labute approximate surface area is 139 Å². The second-order valence-electron chi connectivity index (χ2n) is 5.69. The fourth-order valence-corrected chi connectivity index (χ4v) is 2.35. The molecule has 0 fully saturated rings. The van der Waals surface area contributed by atoms with E-state index in [0.717, 1.165) is 11.3 Å². The molecule has 8 nitrogen and oxygen atoms in total. The molecule has 1 aliphatic heterocycles. The third-order valence-electron chi connectivity index (χ3n) is 3.44. The van der Waals surface area contributed by atoms with Crippen LogP contribution in [0.25, 0.3) is 0 Å². The van der Waals surface area contributed by atoms with Gasteiger partial charge in [-0.1, -0.05) is 5.16 Å². The van der Waals surface area contributed by atoms with E-state index in [-0.39, 0.29) is 18.7 Å². The van der Waals surface area contributed by atoms with Crippen LogP contribution in [-0.2, 0) is 24.3 Å². The zero-order valence-corrected chi connectivity index (χ0v) is 13.7. The minimum absolute atomic E-state index is 0.0159. The Morgan fingerprint density at radius 2 is 2.33 bits per heavy atom. The molecule has 2 aromatic heterocycles. The number of carbonyl (C=O) groups excluding carboxylic acids is 1. The molecule has 2 amide bonds. The Morgan fingerprint density at radius 3 is 3.17 bits per heavy atom. The van der Waals surface area contributed by atoms with Crippen molar-refractivity contribution in [3.8, 4) is 5.88 Å². The smallest absolute Gasteiger partial charge is 0.319 e. The molecule has 0 bridgehead atoms. The van der Waals surface area contributed by atoms with E-state index >= 15 is 0 Å². The second kappa shape index (κ2) is 7.31. The largest absolute Gasteiger partial charge is 0.475 e. The lowest BCUT2D eigenvalue weighted by Gasteiger charge is -2.12. The van der Waals surface area contributed by atoms with Crippen molar-refractivity contribution in [2.75, 3.05) is 11.9 Å². The maximum absolute atomic E-state index is 12.0. The van der Waals surface area contributed by atoms with E-state index in [1.165, 1.54) is 0 Å². The Bertz CT molecular complexity index is 714. The predicted molar refractivity (Wildman–Crippen MR) is 85.7 cm³/mol. The van der Waals surface area contributed by atoms with Gasteiger partial charge in [-0.15, -0.1) is 0 Å². The van der Waals surface area contributed by atoms with Crippen LogP contribution in [-0.4, -0.2) is 28.9 Å². The number of nitrogens with one attached hydrogen (secondary N) is 2. The molecule has 1 aliphatic rings. The number of aromatic nitrogens is 2. The molecular formula is C16H20N4O4. The topological polar surface area (TPSA) is 98.5 Å². The number of ether oxygens (including phenoxy) is 2. The van der Waals surface area contributed by atoms with E-state index in [9.17, 15) is 4.79 Å². The zero-order chi connectivity index (χ0) is 16.9. The number of rotatable bonds is 5. The van der Waals surface area contributed by atoms with Crippen LogP contribution in [0.2, 0.25) is 0 Å². The first-order chi connectivity index (χ1) is 11.6. The van der Waals surface area contributed by atoms with Crippen molar-refractivity contribution in [3.63, 3.8) is 0 Å². The molecule has 8 heteroatoms. The van der Waals surface area contributed by atoms with Crippen molar-refractivity contribution in [3.05, 3.63) is 35.3 Å². The van der Waals surface area contributed by atoms with Crippen molar-refractivity contribution in [2.45, 2.75) is 39.5 Å². The number of hydrogen-bond acceptors (Lipinski definition) is 6. The second-order valence-corrected chi connectivity index (χ2v) is 5.69. The molecule has 0 radical (unpaired) electrons. The van der Waals surface area contributed by atoms with E-state index in [4.69, 9.17) is 14.0 Å². The van der Waals surface area contributed by atoms with Gasteiger partial charge in [0.05, 0.1) is 25.9 Å². The molecule has 0 saturated carbocycles. The molecule has 128 valence electrons. The summed E-state index contributed by atoms with van der Waals surface area (Å²) in [7, 11) is 0. The molecule has 0 unspecified atom stereocenters. The van der Waals surface area contributed by atoms with Gasteiger partial charge < -0.3 is 24.6 Å². The highest BCUT2D eigenvalue weighted by Crippen LogP contribution is 2.20. The third kappa shape index (κ3) is 4.02. The number of hydrogen-bond donors (Lipinski definition) is 2. The summed E-state index contributed by atoms with van der Waals surface area (Å²) in [4.78, 5) is 16.1. The molecular weight excluding hydrogens is 312 g/mol. The standard InChI is InChI=1S/C16H20N4O4/c1-10(2)23-15-7-11(3-5-17-15)19-16(21)18-8-13-12-9-22-6-4-14(12)24-20-13/h3,5,7,10H,4,6,8-9H2,1-2H3,(H2,17,18,19,21). The maximum Gasteiger partial charge on any atom is 0.319 e. The fourth-order valence-electron chi connectivity index (χ4n) is 2.35. The number of pyridine rings is 1. The molecule has 3 heterocycles. The quantitative estimate of drug-likeness (QED) is 0.871. The van der Waals surface area contributed by atoms with E-state index in [1.807, 2.05) is 13.8 Å². The molecule has 0 aliphatic carbocycles. The minimum atomic E-state index is -0.342. The van der Waals surface area contributed by atoms with Gasteiger partial charge >= 0.3 is 6.03 Å². The highest BCUT2D eigenvalue weighted by atomic mass is 16.5. The van der Waals surface area contributed by atoms with Gasteiger partial charge in [0.15, 0.2) is 0 Å². The van der Waals surface area contributed by atoms with Crippen LogP contribution in [0.4, 0.5) is 10.5 Å². The highest BCUT2D eigenvalue weighted by Gasteiger charge is 2.20. The molecule has 0 aromatic carbocycles. The molecule has 0 atom stereocenters. The third-order valence-corrected chi connectivity index (χ3v) is 3.44. The molecule has 0 spiro atoms. The van der Waals surface area contributed by atoms with Crippen molar-refractivity contribution in [1.29, 1.82) is 0 Å². The molecule has 3 rings (SSSR count). The summed E-state index contributed by atoms with van der Waals surface area (Å²) in [6, 6.07) is 3.02. The van der Waals surface area contributed by atoms with Crippen LogP contribution in [0.15, 0.2) is 22.9 Å². The van der Waals surface area contributed by atoms with Crippen LogP contribution >= 0.6 is 0 Å². The first-order valence-corrected chi connectivity index (χ1v) is 7.83. The van der Waals surface area contributed by atoms with Crippen LogP contribution in [0.3, 0.4) is 0 Å². The molecule has 0 saturated heterocycles. The summed E-state index contributed by atoms with van der Waals surface area (Å²) in [5.41, 5.74) is 2.22. The Morgan fingerprint density at radius 1 is 1.46 bits per heavy atom. The summed E-state index contributed by atoms with van der Waals surface area (Å²) in [5.74, 6) is 1.30. The molecule has 2 N–H and O–H groups in total. The lowest BCUT2D eigenvalue weighted by Crippen LogP contribution is -2.29. The van der Waals surface area contributed by atoms with Crippen LogP contribution < -0.4 is 15.4 Å². The minimum Gasteiger partial charge on any atom is -0.475 e. The summed E-state index contributed by atoms with van der Waals surface area (Å²) < 4.78 is 16.2. The number of amides is 2. The van der Waals surface area contributed by atoms with Gasteiger partial charge in [-0.05, 0) is 19.9 Å². The van der Waals surface area contributed by atoms with Gasteiger partial charge in [-0.25, -0.2) is 9.78 Å². The predicted octanol–water partition coefficient (Wildman–Crippen LogP) is 2.25. The van der Waals surface area contributed by atoms with Gasteiger partial charge in [-0.2, -0.15) is 0 Å². The van der Waals surface area contributed by atoms with E-state index in [2.05, 4.69) is 20.8 Å². The lowest BCUT2D eigenvalue weighted by atomic mass is 10.1. The van der Waals surface area contributed by atoms with E-state index in [1.54, 1.807) is 18.3 Å². The van der Waals surface area contributed by atoms with E-state index in [0.29, 0.717) is 36.9 Å². The summed E-state index contributed by atoms with van der Waals surface area (Å²) in [5, 5.41) is 9.49. The number of anilines is 1. The van der Waals surface area contributed by atoms with Crippen LogP contribution in [0.5, 0.6) is 5.88 Å². The number of carbonyl (C=O) groups is 1. The van der Waals surface area contributed by atoms with Gasteiger partial charge in [0, 0.05) is 29.9 Å². The van der Waals surface area contributed by atoms with Gasteiger partial charge in [0.2, 0.25) is 5.88 Å². The SMILES string of the molecule is CC(C)Oc1cc(NC(=O)NCc2noc3c2COCC3)ccn1. The first kappa shape index (κ1) is 16.3. The number of fused-ring (bicyclic) bond motifs is 1. The van der Waals surface area contributed by atoms with Crippen molar-refractivity contribution in [2.24, 2.45) is 0 Å². The average molecular weight is 332 g/mol. The van der Waals surface area contributed by atoms with Crippen LogP contribution in [0.1, 0.15) is 30.9 Å². The monoisotopic (exact) mass is 332 g/mol. The van der Waals surface area contributed by atoms with Crippen molar-refractivity contribution >= 4 is 11.7 Å². The molecule has 2 aromatic rings. The summed E-state index contributed by atoms with van der Waals surface area (Å²) in [6.07, 6.45) is 2.31. The van der Waals surface area contributed by atoms with Gasteiger partial charge in [0.1, 0.15) is 11.5 Å². The summed E-state index contributed by atoms with van der Waals surface area (Å²) >= 11 is 0. The maximum atomic E-state index is 12.0. The average Bonchev–Trinajstić information content (AvgIpc) is 2.96. The fraction of sp³-hybridized carbons (Fsp3) is 0.438. The van der Waals surface area contributed by atoms with Gasteiger partial charge in [0.25, 0.3) is 0 Å². The summed E-state index contributed by atoms with van der Waals surface area (Å²) in [6.45, 7) is 5.21. The Kier molecular flexibility index (Phi) is 4.95.